The maximum atomic E-state index is 14.1. The lowest BCUT2D eigenvalue weighted by molar-refractivity contribution is -0.127. The Labute approximate surface area is 205 Å². The average molecular weight is 474 g/mol. The molecule has 3 unspecified atom stereocenters. The van der Waals surface area contributed by atoms with Crippen LogP contribution in [0.4, 0.5) is 11.5 Å². The second-order valence-corrected chi connectivity index (χ2v) is 10.2. The van der Waals surface area contributed by atoms with Crippen LogP contribution in [0, 0.1) is 0 Å². The van der Waals surface area contributed by atoms with Gasteiger partial charge in [-0.25, -0.2) is 0 Å². The van der Waals surface area contributed by atoms with Crippen molar-refractivity contribution >= 4 is 23.3 Å². The van der Waals surface area contributed by atoms with Gasteiger partial charge in [-0.3, -0.25) is 9.59 Å². The first-order valence-corrected chi connectivity index (χ1v) is 12.5. The summed E-state index contributed by atoms with van der Waals surface area (Å²) in [4.78, 5) is 42.0. The molecule has 0 saturated carbocycles. The Bertz CT molecular complexity index is 1220. The molecule has 2 fully saturated rings. The lowest BCUT2D eigenvalue weighted by atomic mass is 9.65. The van der Waals surface area contributed by atoms with Crippen LogP contribution < -0.4 is 14.5 Å². The molecule has 4 heterocycles. The average Bonchev–Trinajstić information content (AvgIpc) is 3.14. The fourth-order valence-electron chi connectivity index (χ4n) is 6.87. The van der Waals surface area contributed by atoms with E-state index in [4.69, 9.17) is 14.7 Å². The van der Waals surface area contributed by atoms with E-state index in [1.165, 1.54) is 11.6 Å². The van der Waals surface area contributed by atoms with E-state index in [-0.39, 0.29) is 23.9 Å². The highest BCUT2D eigenvalue weighted by atomic mass is 16.5. The standard InChI is InChI=1S/C27H31N5O3/c1-4-22(33)31-15-18-11-12-19(16-31)32(18)24-23-21(28-26(29-24)35-3)14-27(25(34)30(23)2)13-7-9-17-8-5-6-10-20(17)27/h4-6,8,10,18-19H,1,7,9,11-16H2,2-3H3. The third kappa shape index (κ3) is 3.18. The smallest absolute Gasteiger partial charge is 0.318 e. The molecule has 8 nitrogen and oxygen atoms in total. The zero-order valence-corrected chi connectivity index (χ0v) is 20.4. The Balaban J connectivity index is 1.46. The molecular weight excluding hydrogens is 442 g/mol. The molecule has 0 radical (unpaired) electrons. The largest absolute Gasteiger partial charge is 0.467 e. The Kier molecular flexibility index (Phi) is 5.09. The van der Waals surface area contributed by atoms with Gasteiger partial charge < -0.3 is 19.4 Å². The molecule has 182 valence electrons. The molecule has 1 aromatic heterocycles. The number of carbonyl (C=O) groups excluding carboxylic acids is 2. The number of nitrogens with zero attached hydrogens (tertiary/aromatic N) is 5. The molecular formula is C27H31N5O3. The fourth-order valence-corrected chi connectivity index (χ4v) is 6.87. The quantitative estimate of drug-likeness (QED) is 0.638. The number of amides is 2. The summed E-state index contributed by atoms with van der Waals surface area (Å²) >= 11 is 0. The number of likely N-dealkylation sites (tertiary alicyclic amines) is 1. The molecule has 1 spiro atoms. The van der Waals surface area contributed by atoms with Crippen LogP contribution in [0.3, 0.4) is 0 Å². The molecule has 3 atom stereocenters. The van der Waals surface area contributed by atoms with Gasteiger partial charge in [-0.05, 0) is 49.3 Å². The molecule has 8 heteroatoms. The van der Waals surface area contributed by atoms with E-state index in [0.717, 1.165) is 54.9 Å². The van der Waals surface area contributed by atoms with Gasteiger partial charge in [-0.1, -0.05) is 30.8 Å². The van der Waals surface area contributed by atoms with Gasteiger partial charge in [0.25, 0.3) is 0 Å². The minimum absolute atomic E-state index is 0.0333. The highest BCUT2D eigenvalue weighted by molar-refractivity contribution is 6.06. The van der Waals surface area contributed by atoms with Crippen molar-refractivity contribution in [3.63, 3.8) is 0 Å². The van der Waals surface area contributed by atoms with Gasteiger partial charge in [0, 0.05) is 38.6 Å². The summed E-state index contributed by atoms with van der Waals surface area (Å²) in [5.74, 6) is 0.828. The number of aryl methyl sites for hydroxylation is 1. The van der Waals surface area contributed by atoms with Crippen molar-refractivity contribution in [3.05, 3.63) is 53.7 Å². The number of aromatic nitrogens is 2. The van der Waals surface area contributed by atoms with E-state index < -0.39 is 5.41 Å². The van der Waals surface area contributed by atoms with Crippen molar-refractivity contribution < 1.29 is 14.3 Å². The van der Waals surface area contributed by atoms with E-state index in [2.05, 4.69) is 29.7 Å². The summed E-state index contributed by atoms with van der Waals surface area (Å²) in [5.41, 5.74) is 3.41. The SMILES string of the molecule is C=CC(=O)N1CC2CCC(C1)N2c1nc(OC)nc2c1N(C)C(=O)C1(CCCc3ccccc31)C2. The Morgan fingerprint density at radius 3 is 2.66 bits per heavy atom. The van der Waals surface area contributed by atoms with Crippen LogP contribution in [0.25, 0.3) is 0 Å². The number of rotatable bonds is 3. The summed E-state index contributed by atoms with van der Waals surface area (Å²) < 4.78 is 5.56. The molecule has 1 aliphatic carbocycles. The summed E-state index contributed by atoms with van der Waals surface area (Å²) in [7, 11) is 3.45. The molecule has 2 amide bonds. The number of benzene rings is 1. The molecule has 2 aromatic rings. The number of carbonyl (C=O) groups is 2. The maximum absolute atomic E-state index is 14.1. The zero-order chi connectivity index (χ0) is 24.3. The predicted molar refractivity (Wildman–Crippen MR) is 133 cm³/mol. The van der Waals surface area contributed by atoms with Crippen LogP contribution in [0.2, 0.25) is 0 Å². The third-order valence-electron chi connectivity index (χ3n) is 8.41. The number of ether oxygens (including phenoxy) is 1. The van der Waals surface area contributed by atoms with Crippen molar-refractivity contribution in [2.75, 3.05) is 37.0 Å². The van der Waals surface area contributed by atoms with E-state index >= 15 is 0 Å². The van der Waals surface area contributed by atoms with Crippen LogP contribution in [0.1, 0.15) is 42.5 Å². The molecule has 2 bridgehead atoms. The highest BCUT2D eigenvalue weighted by Gasteiger charge is 2.51. The van der Waals surface area contributed by atoms with Gasteiger partial charge in [0.2, 0.25) is 11.8 Å². The Hall–Kier alpha value is -3.42. The van der Waals surface area contributed by atoms with Crippen molar-refractivity contribution in [1.29, 1.82) is 0 Å². The van der Waals surface area contributed by atoms with E-state index in [0.29, 0.717) is 25.5 Å². The molecule has 3 aliphatic heterocycles. The first-order valence-electron chi connectivity index (χ1n) is 12.5. The number of hydrogen-bond donors (Lipinski definition) is 0. The second kappa shape index (κ2) is 8.07. The lowest BCUT2D eigenvalue weighted by Gasteiger charge is -2.47. The van der Waals surface area contributed by atoms with Gasteiger partial charge in [0.1, 0.15) is 5.69 Å². The number of likely N-dealkylation sites (N-methyl/N-ethyl adjacent to an activating group) is 1. The minimum Gasteiger partial charge on any atom is -0.467 e. The fraction of sp³-hybridized carbons (Fsp3) is 0.481. The topological polar surface area (TPSA) is 78.9 Å². The predicted octanol–water partition coefficient (Wildman–Crippen LogP) is 2.64. The van der Waals surface area contributed by atoms with E-state index in [1.54, 1.807) is 12.0 Å². The van der Waals surface area contributed by atoms with Gasteiger partial charge in [0.15, 0.2) is 5.82 Å². The van der Waals surface area contributed by atoms with E-state index in [1.807, 2.05) is 18.0 Å². The first-order chi connectivity index (χ1) is 17.0. The van der Waals surface area contributed by atoms with Gasteiger partial charge in [-0.15, -0.1) is 0 Å². The van der Waals surface area contributed by atoms with Crippen molar-refractivity contribution in [2.24, 2.45) is 0 Å². The highest BCUT2D eigenvalue weighted by Crippen LogP contribution is 2.49. The van der Waals surface area contributed by atoms with Crippen molar-refractivity contribution in [2.45, 2.75) is 56.0 Å². The Morgan fingerprint density at radius 1 is 1.20 bits per heavy atom. The molecule has 4 aliphatic rings. The van der Waals surface area contributed by atoms with Gasteiger partial charge >= 0.3 is 6.01 Å². The van der Waals surface area contributed by atoms with Crippen LogP contribution in [-0.4, -0.2) is 66.0 Å². The molecule has 2 saturated heterocycles. The summed E-state index contributed by atoms with van der Waals surface area (Å²) in [5, 5.41) is 0. The number of methoxy groups -OCH3 is 1. The van der Waals surface area contributed by atoms with Crippen LogP contribution in [-0.2, 0) is 27.8 Å². The number of fused-ring (bicyclic) bond motifs is 5. The zero-order valence-electron chi connectivity index (χ0n) is 20.4. The third-order valence-corrected chi connectivity index (χ3v) is 8.41. The molecule has 0 N–H and O–H groups in total. The van der Waals surface area contributed by atoms with Gasteiger partial charge in [0.05, 0.1) is 18.2 Å². The van der Waals surface area contributed by atoms with Crippen LogP contribution >= 0.6 is 0 Å². The number of anilines is 2. The maximum Gasteiger partial charge on any atom is 0.318 e. The molecule has 6 rings (SSSR count). The van der Waals surface area contributed by atoms with Gasteiger partial charge in [-0.2, -0.15) is 9.97 Å². The summed E-state index contributed by atoms with van der Waals surface area (Å²) in [6, 6.07) is 8.94. The number of hydrogen-bond acceptors (Lipinski definition) is 6. The normalized spacial score (nSPS) is 27.0. The minimum atomic E-state index is -0.610. The van der Waals surface area contributed by atoms with Crippen molar-refractivity contribution in [3.8, 4) is 6.01 Å². The number of piperazine rings is 1. The second-order valence-electron chi connectivity index (χ2n) is 10.2. The van der Waals surface area contributed by atoms with E-state index in [9.17, 15) is 9.59 Å². The first kappa shape index (κ1) is 22.1. The summed E-state index contributed by atoms with van der Waals surface area (Å²) in [6.45, 7) is 4.90. The molecule has 1 aromatic carbocycles. The molecule has 35 heavy (non-hydrogen) atoms. The Morgan fingerprint density at radius 2 is 1.94 bits per heavy atom. The van der Waals surface area contributed by atoms with Crippen molar-refractivity contribution in [1.82, 2.24) is 14.9 Å². The lowest BCUT2D eigenvalue weighted by Crippen LogP contribution is -2.57. The van der Waals surface area contributed by atoms with Crippen LogP contribution in [0.15, 0.2) is 36.9 Å². The monoisotopic (exact) mass is 473 g/mol. The summed E-state index contributed by atoms with van der Waals surface area (Å²) in [6.07, 6.45) is 6.66. The van der Waals surface area contributed by atoms with Crippen LogP contribution in [0.5, 0.6) is 6.01 Å².